The second-order valence-corrected chi connectivity index (χ2v) is 2.92. The molecular weight excluding hydrogens is 136 g/mol. The van der Waals surface area contributed by atoms with Crippen LogP contribution in [0.3, 0.4) is 0 Å². The van der Waals surface area contributed by atoms with E-state index in [1.807, 2.05) is 6.08 Å². The topological polar surface area (TPSA) is 20.2 Å². The molecule has 0 aromatic heterocycles. The van der Waals surface area contributed by atoms with Gasteiger partial charge in [-0.05, 0) is 19.4 Å². The molecule has 1 rings (SSSR count). The summed E-state index contributed by atoms with van der Waals surface area (Å²) in [5, 5.41) is 10.0. The van der Waals surface area contributed by atoms with Gasteiger partial charge in [0, 0.05) is 5.03 Å². The molecule has 0 spiro atoms. The zero-order valence-corrected chi connectivity index (χ0v) is 6.02. The summed E-state index contributed by atoms with van der Waals surface area (Å²) >= 11 is 5.61. The maximum Gasteiger partial charge on any atom is 0.0838 e. The highest BCUT2D eigenvalue weighted by Gasteiger charge is 2.16. The molecule has 9 heavy (non-hydrogen) atoms. The number of rotatable bonds is 0. The van der Waals surface area contributed by atoms with Gasteiger partial charge in [0.05, 0.1) is 5.60 Å². The second kappa shape index (κ2) is 2.16. The summed E-state index contributed by atoms with van der Waals surface area (Å²) in [6, 6.07) is 0. The molecule has 0 amide bonds. The Balaban J connectivity index is 2.70. The summed E-state index contributed by atoms with van der Waals surface area (Å²) in [6.45, 7) is 1.75. The number of aliphatic hydroxyl groups is 1. The van der Waals surface area contributed by atoms with Gasteiger partial charge in [-0.2, -0.15) is 0 Å². The predicted octanol–water partition coefficient (Wildman–Crippen LogP) is 1.82. The molecule has 1 N–H and O–H groups in total. The van der Waals surface area contributed by atoms with E-state index in [2.05, 4.69) is 0 Å². The molecule has 2 heteroatoms. The molecule has 0 fully saturated rings. The molecule has 0 radical (unpaired) electrons. The molecular formula is C7H9ClO. The number of halogens is 1. The fourth-order valence-electron chi connectivity index (χ4n) is 0.699. The first kappa shape index (κ1) is 6.84. The fraction of sp³-hybridized carbons (Fsp3) is 0.429. The van der Waals surface area contributed by atoms with Gasteiger partial charge in [0.2, 0.25) is 0 Å². The molecule has 1 aliphatic rings. The Morgan fingerprint density at radius 3 is 2.78 bits per heavy atom. The quantitative estimate of drug-likeness (QED) is 0.550. The first-order valence-electron chi connectivity index (χ1n) is 2.87. The summed E-state index contributed by atoms with van der Waals surface area (Å²) < 4.78 is 0. The lowest BCUT2D eigenvalue weighted by atomic mass is 9.98. The van der Waals surface area contributed by atoms with E-state index in [1.165, 1.54) is 0 Å². The third-order valence-corrected chi connectivity index (χ3v) is 1.59. The summed E-state index contributed by atoms with van der Waals surface area (Å²) in [5.41, 5.74) is -0.682. The minimum atomic E-state index is -0.682. The van der Waals surface area contributed by atoms with E-state index in [-0.39, 0.29) is 0 Å². The Morgan fingerprint density at radius 1 is 1.78 bits per heavy atom. The van der Waals surface area contributed by atoms with Crippen LogP contribution in [0.15, 0.2) is 23.3 Å². The van der Waals surface area contributed by atoms with Crippen molar-refractivity contribution in [2.24, 2.45) is 0 Å². The summed E-state index contributed by atoms with van der Waals surface area (Å²) in [4.78, 5) is 0. The first-order valence-corrected chi connectivity index (χ1v) is 3.25. The van der Waals surface area contributed by atoms with E-state index in [0.29, 0.717) is 11.5 Å². The van der Waals surface area contributed by atoms with Crippen LogP contribution >= 0.6 is 11.6 Å². The summed E-state index contributed by atoms with van der Waals surface area (Å²) in [5.74, 6) is 0. The summed E-state index contributed by atoms with van der Waals surface area (Å²) in [6.07, 6.45) is 5.84. The van der Waals surface area contributed by atoms with Gasteiger partial charge in [-0.25, -0.2) is 0 Å². The van der Waals surface area contributed by atoms with Crippen molar-refractivity contribution < 1.29 is 5.11 Å². The minimum absolute atomic E-state index is 0.613. The maximum absolute atomic E-state index is 9.30. The molecule has 50 valence electrons. The minimum Gasteiger partial charge on any atom is -0.386 e. The average molecular weight is 145 g/mol. The Hall–Kier alpha value is -0.270. The molecule has 1 nitrogen and oxygen atoms in total. The molecule has 0 aliphatic heterocycles. The SMILES string of the molecule is CC1(O)C=CC(Cl)=CC1. The third kappa shape index (κ3) is 1.84. The number of hydrogen-bond acceptors (Lipinski definition) is 1. The highest BCUT2D eigenvalue weighted by atomic mass is 35.5. The van der Waals surface area contributed by atoms with Crippen molar-refractivity contribution in [3.8, 4) is 0 Å². The first-order chi connectivity index (χ1) is 4.10. The van der Waals surface area contributed by atoms with Crippen LogP contribution in [0.25, 0.3) is 0 Å². The van der Waals surface area contributed by atoms with Gasteiger partial charge >= 0.3 is 0 Å². The Kier molecular flexibility index (Phi) is 1.64. The molecule has 0 saturated carbocycles. The molecule has 0 heterocycles. The van der Waals surface area contributed by atoms with Gasteiger partial charge in [0.25, 0.3) is 0 Å². The highest BCUT2D eigenvalue weighted by Crippen LogP contribution is 2.21. The van der Waals surface area contributed by atoms with Crippen molar-refractivity contribution in [3.63, 3.8) is 0 Å². The van der Waals surface area contributed by atoms with Gasteiger partial charge in [-0.3, -0.25) is 0 Å². The van der Waals surface area contributed by atoms with Crippen LogP contribution < -0.4 is 0 Å². The monoisotopic (exact) mass is 144 g/mol. The molecule has 1 unspecified atom stereocenters. The Bertz CT molecular complexity index is 168. The van der Waals surface area contributed by atoms with Crippen LogP contribution in [-0.2, 0) is 0 Å². The molecule has 0 aromatic rings. The molecule has 1 atom stereocenters. The predicted molar refractivity (Wildman–Crippen MR) is 38.3 cm³/mol. The molecule has 0 bridgehead atoms. The van der Waals surface area contributed by atoms with Gasteiger partial charge in [-0.1, -0.05) is 23.8 Å². The lowest BCUT2D eigenvalue weighted by molar-refractivity contribution is 0.114. The molecule has 0 saturated heterocycles. The molecule has 0 aromatic carbocycles. The number of allylic oxidation sites excluding steroid dienone is 2. The number of hydrogen-bond donors (Lipinski definition) is 1. The van der Waals surface area contributed by atoms with E-state index >= 15 is 0 Å². The van der Waals surface area contributed by atoms with E-state index in [4.69, 9.17) is 11.6 Å². The smallest absolute Gasteiger partial charge is 0.0838 e. The van der Waals surface area contributed by atoms with Gasteiger partial charge < -0.3 is 5.11 Å². The average Bonchev–Trinajstić information content (AvgIpc) is 1.78. The zero-order valence-electron chi connectivity index (χ0n) is 5.26. The Labute approximate surface area is 59.6 Å². The van der Waals surface area contributed by atoms with Gasteiger partial charge in [-0.15, -0.1) is 0 Å². The standard InChI is InChI=1S/C7H9ClO/c1-7(9)4-2-6(8)3-5-7/h2-4,9H,5H2,1H3. The third-order valence-electron chi connectivity index (χ3n) is 1.31. The van der Waals surface area contributed by atoms with Crippen LogP contribution in [0.5, 0.6) is 0 Å². The van der Waals surface area contributed by atoms with Gasteiger partial charge in [0.1, 0.15) is 0 Å². The van der Waals surface area contributed by atoms with Crippen molar-refractivity contribution in [1.82, 2.24) is 0 Å². The van der Waals surface area contributed by atoms with Crippen molar-refractivity contribution in [2.45, 2.75) is 18.9 Å². The van der Waals surface area contributed by atoms with Crippen LogP contribution in [0.4, 0.5) is 0 Å². The van der Waals surface area contributed by atoms with E-state index in [1.54, 1.807) is 19.1 Å². The van der Waals surface area contributed by atoms with E-state index in [0.717, 1.165) is 0 Å². The van der Waals surface area contributed by atoms with E-state index in [9.17, 15) is 5.11 Å². The van der Waals surface area contributed by atoms with Crippen molar-refractivity contribution in [1.29, 1.82) is 0 Å². The van der Waals surface area contributed by atoms with Crippen LogP contribution in [0.1, 0.15) is 13.3 Å². The lowest BCUT2D eigenvalue weighted by Crippen LogP contribution is -2.20. The maximum atomic E-state index is 9.30. The lowest BCUT2D eigenvalue weighted by Gasteiger charge is -2.19. The van der Waals surface area contributed by atoms with Crippen molar-refractivity contribution >= 4 is 11.6 Å². The second-order valence-electron chi connectivity index (χ2n) is 2.48. The van der Waals surface area contributed by atoms with Crippen molar-refractivity contribution in [2.75, 3.05) is 0 Å². The van der Waals surface area contributed by atoms with Crippen LogP contribution in [0, 0.1) is 0 Å². The summed E-state index contributed by atoms with van der Waals surface area (Å²) in [7, 11) is 0. The largest absolute Gasteiger partial charge is 0.386 e. The van der Waals surface area contributed by atoms with Crippen LogP contribution in [-0.4, -0.2) is 10.7 Å². The van der Waals surface area contributed by atoms with Crippen LogP contribution in [0.2, 0.25) is 0 Å². The van der Waals surface area contributed by atoms with Crippen molar-refractivity contribution in [3.05, 3.63) is 23.3 Å². The highest BCUT2D eigenvalue weighted by molar-refractivity contribution is 6.31. The molecule has 1 aliphatic carbocycles. The van der Waals surface area contributed by atoms with Gasteiger partial charge in [0.15, 0.2) is 0 Å². The Morgan fingerprint density at radius 2 is 2.44 bits per heavy atom. The fourth-order valence-corrected chi connectivity index (χ4v) is 0.839. The zero-order chi connectivity index (χ0) is 6.91. The van der Waals surface area contributed by atoms with E-state index < -0.39 is 5.60 Å². The normalized spacial score (nSPS) is 34.3.